The third kappa shape index (κ3) is 17.7. The lowest BCUT2D eigenvalue weighted by Crippen LogP contribution is -2.32. The number of rotatable bonds is 11. The molecule has 0 saturated carbocycles. The molecule has 13 N–H and O–H groups in total. The van der Waals surface area contributed by atoms with Crippen LogP contribution in [0.1, 0.15) is 112 Å². The molecule has 24 nitrogen and oxygen atoms in total. The van der Waals surface area contributed by atoms with Gasteiger partial charge in [0.2, 0.25) is 0 Å². The molecule has 8 aromatic carbocycles. The minimum Gasteiger partial charge on any atom is -0.508 e. The van der Waals surface area contributed by atoms with Gasteiger partial charge in [-0.2, -0.15) is 0 Å². The molecule has 0 amide bonds. The molecular formula is C73H92O24. The minimum absolute atomic E-state index is 0. The van der Waals surface area contributed by atoms with E-state index >= 15 is 0 Å². The van der Waals surface area contributed by atoms with E-state index < -0.39 is 42.7 Å². The van der Waals surface area contributed by atoms with Crippen LogP contribution in [0.4, 0.5) is 0 Å². The number of aliphatic hydroxyl groups excluding tert-OH is 3. The number of hydrogen-bond acceptors (Lipinski definition) is 24. The molecule has 4 aliphatic heterocycles. The normalized spacial score (nSPS) is 18.6. The Labute approximate surface area is 565 Å². The van der Waals surface area contributed by atoms with E-state index in [2.05, 4.69) is 0 Å². The summed E-state index contributed by atoms with van der Waals surface area (Å²) in [6.07, 6.45) is -4.18. The van der Waals surface area contributed by atoms with Crippen LogP contribution in [0.5, 0.6) is 115 Å². The molecule has 0 saturated heterocycles. The van der Waals surface area contributed by atoms with Gasteiger partial charge in [-0.25, -0.2) is 0 Å². The van der Waals surface area contributed by atoms with Gasteiger partial charge in [0.25, 0.3) is 0 Å². The largest absolute Gasteiger partial charge is 0.508 e. The Morgan fingerprint density at radius 3 is 1.07 bits per heavy atom. The van der Waals surface area contributed by atoms with Gasteiger partial charge < -0.3 is 118 Å². The van der Waals surface area contributed by atoms with E-state index in [1.54, 1.807) is 61.7 Å². The molecular weight excluding hydrogens is 1260 g/mol. The maximum absolute atomic E-state index is 10.4. The molecule has 24 heteroatoms. The monoisotopic (exact) mass is 1350 g/mol. The molecule has 8 atom stereocenters. The zero-order chi connectivity index (χ0) is 67.5. The highest BCUT2D eigenvalue weighted by molar-refractivity contribution is 5.57. The highest BCUT2D eigenvalue weighted by Gasteiger charge is 2.37. The molecule has 0 unspecified atom stereocenters. The minimum atomic E-state index is -0.893. The van der Waals surface area contributed by atoms with Crippen molar-refractivity contribution in [2.75, 3.05) is 49.8 Å². The van der Waals surface area contributed by atoms with Gasteiger partial charge >= 0.3 is 0 Å². The van der Waals surface area contributed by atoms with Crippen LogP contribution in [-0.4, -0.2) is 141 Å². The number of fused-ring (bicyclic) bond motifs is 4. The highest BCUT2D eigenvalue weighted by atomic mass is 16.5. The van der Waals surface area contributed by atoms with Crippen molar-refractivity contribution in [1.82, 2.24) is 0 Å². The lowest BCUT2D eigenvalue weighted by atomic mass is 9.93. The van der Waals surface area contributed by atoms with Crippen LogP contribution in [0.25, 0.3) is 0 Å². The summed E-state index contributed by atoms with van der Waals surface area (Å²) in [4.78, 5) is 0. The number of methoxy groups -OCH3 is 7. The molecule has 0 spiro atoms. The van der Waals surface area contributed by atoms with Crippen LogP contribution in [-0.2, 0) is 30.4 Å². The third-order valence-electron chi connectivity index (χ3n) is 15.6. The summed E-state index contributed by atoms with van der Waals surface area (Å²) < 4.78 is 59.5. The number of aliphatic hydroxyl groups is 3. The van der Waals surface area contributed by atoms with Crippen molar-refractivity contribution in [3.63, 3.8) is 0 Å². The van der Waals surface area contributed by atoms with Crippen LogP contribution in [0, 0.1) is 0 Å². The first-order valence-electron chi connectivity index (χ1n) is 29.2. The zero-order valence-corrected chi connectivity index (χ0v) is 52.3. The molecule has 0 fully saturated rings. The summed E-state index contributed by atoms with van der Waals surface area (Å²) in [5.74, 6) is 3.55. The topological polar surface area (TPSA) is 365 Å². The average molecular weight is 1350 g/mol. The Hall–Kier alpha value is -10.4. The van der Waals surface area contributed by atoms with Gasteiger partial charge in [0, 0.05) is 104 Å². The number of phenolic OH excluding ortho intramolecular Hbond substituents is 10. The average Bonchev–Trinajstić information content (AvgIpc) is 0.838. The van der Waals surface area contributed by atoms with E-state index in [1.165, 1.54) is 109 Å². The second-order valence-corrected chi connectivity index (χ2v) is 21.3. The first kappa shape index (κ1) is 79.0. The Kier molecular flexibility index (Phi) is 28.4. The highest BCUT2D eigenvalue weighted by Crippen LogP contribution is 2.48. The van der Waals surface area contributed by atoms with Crippen LogP contribution in [0.3, 0.4) is 0 Å². The molecule has 97 heavy (non-hydrogen) atoms. The van der Waals surface area contributed by atoms with E-state index in [1.807, 2.05) is 13.8 Å². The maximum Gasteiger partial charge on any atom is 0.160 e. The Balaban J connectivity index is 0.000000269. The Bertz CT molecular complexity index is 3890. The number of hydrogen-bond donors (Lipinski definition) is 13. The number of phenols is 10. The summed E-state index contributed by atoms with van der Waals surface area (Å²) in [6, 6.07) is 30.8. The maximum atomic E-state index is 10.4. The first-order valence-corrected chi connectivity index (χ1v) is 29.2. The molecule has 528 valence electrons. The predicted molar refractivity (Wildman–Crippen MR) is 363 cm³/mol. The van der Waals surface area contributed by atoms with Crippen molar-refractivity contribution >= 4 is 0 Å². The Morgan fingerprint density at radius 1 is 0.299 bits per heavy atom. The second-order valence-electron chi connectivity index (χ2n) is 21.3. The van der Waals surface area contributed by atoms with E-state index in [-0.39, 0.29) is 106 Å². The molecule has 0 aromatic heterocycles. The van der Waals surface area contributed by atoms with Crippen LogP contribution in [0.15, 0.2) is 121 Å². The molecule has 4 heterocycles. The quantitative estimate of drug-likeness (QED) is 0.0535. The molecule has 4 aliphatic rings. The summed E-state index contributed by atoms with van der Waals surface area (Å²) in [5.41, 5.74) is 4.85. The van der Waals surface area contributed by atoms with E-state index in [4.69, 9.17) is 52.1 Å². The number of aromatic hydroxyl groups is 10. The number of ether oxygens (including phenoxy) is 11. The van der Waals surface area contributed by atoms with Crippen molar-refractivity contribution in [2.45, 2.75) is 118 Å². The molecule has 12 rings (SSSR count). The van der Waals surface area contributed by atoms with Crippen molar-refractivity contribution < 1.29 is 118 Å². The lowest BCUT2D eigenvalue weighted by molar-refractivity contribution is -0.0122. The van der Waals surface area contributed by atoms with Crippen LogP contribution < -0.4 is 47.4 Å². The first-order chi connectivity index (χ1) is 44.6. The zero-order valence-electron chi connectivity index (χ0n) is 52.3. The molecule has 0 radical (unpaired) electrons. The van der Waals surface area contributed by atoms with Crippen LogP contribution >= 0.6 is 0 Å². The van der Waals surface area contributed by atoms with E-state index in [0.29, 0.717) is 115 Å². The van der Waals surface area contributed by atoms with Gasteiger partial charge in [-0.3, -0.25) is 0 Å². The van der Waals surface area contributed by atoms with Gasteiger partial charge in [-0.15, -0.1) is 0 Å². The molecule has 0 aliphatic carbocycles. The second kappa shape index (κ2) is 34.8. The van der Waals surface area contributed by atoms with Gasteiger partial charge in [0.1, 0.15) is 93.4 Å². The van der Waals surface area contributed by atoms with Crippen molar-refractivity contribution in [3.8, 4) is 115 Å². The predicted octanol–water partition coefficient (Wildman–Crippen LogP) is 12.2. The standard InChI is InChI=1S/3C17H18O6.C16H16O6.C2H6.4CH4/c1-21-10-6-12(18)11-8-14(20)17(23-16(11)7-10)9-3-4-15(22-2)13(19)5-9;1-21-14-6-10(18)7-15-11(14)8-13(20)17(23-15)9-3-4-12(19)16(5-9)22-2;1-21-10-6-13(19)11-8-16(22-2)17(23-15(11)7-10)9-3-4-12(18)14(20)5-9;1-21-14-3-2-8(4-12(14)19)16-13(20)7-10-11(18)5-9(17)6-15(10)22-16;1-2;;;;/h3-7,14,17-20H,8H2,1-2H3;3-7,13,17-20H,8H2,1-2H3;3-7,16-20H,8H2,1-2H3;2-6,13,16-20H,7H2,1H3;1-2H3;4*1H4/t14-,17-;13-,17-;16-,17-;13-,16-;;;;;/m1111...../s1. The van der Waals surface area contributed by atoms with Gasteiger partial charge in [-0.1, -0.05) is 67.8 Å². The van der Waals surface area contributed by atoms with Crippen LogP contribution in [0.2, 0.25) is 0 Å². The third-order valence-corrected chi connectivity index (χ3v) is 15.6. The Morgan fingerprint density at radius 2 is 0.649 bits per heavy atom. The van der Waals surface area contributed by atoms with Crippen molar-refractivity contribution in [1.29, 1.82) is 0 Å². The molecule has 8 aromatic rings. The fraction of sp³-hybridized carbons (Fsp3) is 0.342. The van der Waals surface area contributed by atoms with Gasteiger partial charge in [0.15, 0.2) is 52.1 Å². The van der Waals surface area contributed by atoms with Gasteiger partial charge in [-0.05, 0) is 70.8 Å². The smallest absolute Gasteiger partial charge is 0.160 e. The summed E-state index contributed by atoms with van der Waals surface area (Å²) >= 11 is 0. The SMILES string of the molecule is C.C.C.C.CC.COc1cc(O)c2c(c1)O[C@H](c1ccc(O)c(O)c1)[C@H](OC)C2.COc1cc(O)c2c(c1)O[C@H](c1ccc(OC)c(O)c1)[C@H](O)C2.COc1cc([C@H]2Oc3cc(O)cc(OC)c3C[C@H]2O)ccc1O.COc1ccc([C@H]2Oc3cc(O)cc(O)c3C[C@H]2O)cc1O. The summed E-state index contributed by atoms with van der Waals surface area (Å²) in [6.45, 7) is 4.00. The molecule has 0 bridgehead atoms. The van der Waals surface area contributed by atoms with Crippen molar-refractivity contribution in [2.24, 2.45) is 0 Å². The fourth-order valence-electron chi connectivity index (χ4n) is 10.9. The van der Waals surface area contributed by atoms with E-state index in [9.17, 15) is 66.4 Å². The van der Waals surface area contributed by atoms with Crippen molar-refractivity contribution in [3.05, 3.63) is 166 Å². The lowest BCUT2D eigenvalue weighted by Gasteiger charge is -2.33. The fourth-order valence-corrected chi connectivity index (χ4v) is 10.9. The summed E-state index contributed by atoms with van der Waals surface area (Å²) in [7, 11) is 10.4. The number of benzene rings is 8. The summed E-state index contributed by atoms with van der Waals surface area (Å²) in [5, 5.41) is 129. The van der Waals surface area contributed by atoms with E-state index in [0.717, 1.165) is 0 Å². The van der Waals surface area contributed by atoms with Gasteiger partial charge in [0.05, 0.1) is 61.0 Å².